The first-order chi connectivity index (χ1) is 5.00. The molecule has 0 spiro atoms. The zero-order valence-corrected chi connectivity index (χ0v) is 5.81. The summed E-state index contributed by atoms with van der Waals surface area (Å²) in [5.74, 6) is 0. The van der Waals surface area contributed by atoms with Gasteiger partial charge in [0.1, 0.15) is 5.69 Å². The van der Waals surface area contributed by atoms with Crippen molar-refractivity contribution in [3.63, 3.8) is 0 Å². The highest BCUT2D eigenvalue weighted by atomic mass is 19.4. The number of hydrogen-bond acceptors (Lipinski definition) is 1. The van der Waals surface area contributed by atoms with Crippen LogP contribution in [0.3, 0.4) is 0 Å². The Morgan fingerprint density at radius 3 is 2.27 bits per heavy atom. The summed E-state index contributed by atoms with van der Waals surface area (Å²) in [4.78, 5) is 3.32. The van der Waals surface area contributed by atoms with Crippen molar-refractivity contribution in [2.75, 3.05) is 0 Å². The van der Waals surface area contributed by atoms with Gasteiger partial charge in [-0.1, -0.05) is 6.07 Å². The Hall–Kier alpha value is -1.06. The maximum atomic E-state index is 11.9. The minimum absolute atomic E-state index is 0.375. The molecule has 0 amide bonds. The molecule has 0 atom stereocenters. The first-order valence-corrected chi connectivity index (χ1v) is 3.01. The monoisotopic (exact) mass is 161 g/mol. The number of alkyl halides is 3. The van der Waals surface area contributed by atoms with E-state index in [1.54, 1.807) is 0 Å². The highest BCUT2D eigenvalue weighted by Crippen LogP contribution is 2.27. The molecule has 1 nitrogen and oxygen atoms in total. The van der Waals surface area contributed by atoms with Crippen LogP contribution in [0.4, 0.5) is 13.2 Å². The molecular weight excluding hydrogens is 155 g/mol. The van der Waals surface area contributed by atoms with Gasteiger partial charge in [0.05, 0.1) is 0 Å². The third-order valence-electron chi connectivity index (χ3n) is 1.18. The number of pyridine rings is 1. The molecule has 1 aromatic heterocycles. The van der Waals surface area contributed by atoms with Crippen LogP contribution in [0.1, 0.15) is 11.4 Å². The highest BCUT2D eigenvalue weighted by Gasteiger charge is 2.31. The van der Waals surface area contributed by atoms with E-state index in [2.05, 4.69) is 4.98 Å². The lowest BCUT2D eigenvalue weighted by Gasteiger charge is -2.04. The van der Waals surface area contributed by atoms with Crippen molar-refractivity contribution in [3.8, 4) is 0 Å². The minimum Gasteiger partial charge on any atom is -0.249 e. The van der Waals surface area contributed by atoms with Crippen molar-refractivity contribution in [1.82, 2.24) is 4.98 Å². The lowest BCUT2D eigenvalue weighted by atomic mass is 10.3. The van der Waals surface area contributed by atoms with E-state index in [1.165, 1.54) is 19.1 Å². The average Bonchev–Trinajstić information content (AvgIpc) is 1.86. The van der Waals surface area contributed by atoms with Gasteiger partial charge in [0.15, 0.2) is 0 Å². The van der Waals surface area contributed by atoms with Crippen LogP contribution in [0.2, 0.25) is 0 Å². The largest absolute Gasteiger partial charge is 0.433 e. The summed E-state index contributed by atoms with van der Waals surface area (Å²) in [6.07, 6.45) is -4.33. The summed E-state index contributed by atoms with van der Waals surface area (Å²) < 4.78 is 35.7. The Morgan fingerprint density at radius 2 is 1.91 bits per heavy atom. The number of hydrogen-bond donors (Lipinski definition) is 0. The van der Waals surface area contributed by atoms with Crippen LogP contribution < -0.4 is 0 Å². The van der Waals surface area contributed by atoms with Gasteiger partial charge in [-0.15, -0.1) is 0 Å². The molecule has 0 aliphatic rings. The van der Waals surface area contributed by atoms with Crippen LogP contribution in [0.15, 0.2) is 18.2 Å². The van der Waals surface area contributed by atoms with E-state index < -0.39 is 11.9 Å². The molecule has 0 saturated carbocycles. The second-order valence-electron chi connectivity index (χ2n) is 2.16. The normalized spacial score (nSPS) is 11.6. The molecule has 11 heavy (non-hydrogen) atoms. The molecule has 0 N–H and O–H groups in total. The molecule has 60 valence electrons. The molecule has 0 unspecified atom stereocenters. The summed E-state index contributed by atoms with van der Waals surface area (Å²) in [7, 11) is 0. The Morgan fingerprint density at radius 1 is 1.27 bits per heavy atom. The lowest BCUT2D eigenvalue weighted by Crippen LogP contribution is -2.07. The predicted octanol–water partition coefficient (Wildman–Crippen LogP) is 2.41. The van der Waals surface area contributed by atoms with Crippen LogP contribution in [-0.4, -0.2) is 4.98 Å². The highest BCUT2D eigenvalue weighted by molar-refractivity contribution is 5.12. The number of aryl methyl sites for hydroxylation is 1. The van der Waals surface area contributed by atoms with E-state index in [1.807, 2.05) is 0 Å². The van der Waals surface area contributed by atoms with Gasteiger partial charge in [-0.25, -0.2) is 4.98 Å². The van der Waals surface area contributed by atoms with Gasteiger partial charge in [-0.05, 0) is 19.1 Å². The molecule has 0 bridgehead atoms. The Kier molecular flexibility index (Phi) is 1.85. The summed E-state index contributed by atoms with van der Waals surface area (Å²) in [5.41, 5.74) is -0.461. The van der Waals surface area contributed by atoms with Gasteiger partial charge in [0, 0.05) is 5.69 Å². The maximum Gasteiger partial charge on any atom is 0.433 e. The molecule has 1 aromatic rings. The molecule has 0 aromatic carbocycles. The minimum atomic E-state index is -4.33. The first-order valence-electron chi connectivity index (χ1n) is 3.01. The molecule has 0 saturated heterocycles. The van der Waals surface area contributed by atoms with Crippen LogP contribution in [0.5, 0.6) is 0 Å². The van der Waals surface area contributed by atoms with E-state index in [0.717, 1.165) is 6.07 Å². The molecule has 1 rings (SSSR count). The summed E-state index contributed by atoms with van der Waals surface area (Å²) in [6.45, 7) is 1.52. The first kappa shape index (κ1) is 8.04. The Labute approximate surface area is 61.9 Å². The molecule has 1 heterocycles. The lowest BCUT2D eigenvalue weighted by molar-refractivity contribution is -0.141. The topological polar surface area (TPSA) is 12.9 Å². The number of halogens is 3. The van der Waals surface area contributed by atoms with E-state index in [-0.39, 0.29) is 0 Å². The van der Waals surface area contributed by atoms with Crippen molar-refractivity contribution in [1.29, 1.82) is 0 Å². The van der Waals surface area contributed by atoms with Crippen molar-refractivity contribution >= 4 is 0 Å². The van der Waals surface area contributed by atoms with Crippen LogP contribution >= 0.6 is 0 Å². The number of nitrogens with zero attached hydrogens (tertiary/aromatic N) is 1. The second kappa shape index (κ2) is 2.53. The van der Waals surface area contributed by atoms with Gasteiger partial charge >= 0.3 is 6.18 Å². The zero-order valence-electron chi connectivity index (χ0n) is 5.81. The quantitative estimate of drug-likeness (QED) is 0.569. The summed E-state index contributed by atoms with van der Waals surface area (Å²) in [5, 5.41) is 0. The smallest absolute Gasteiger partial charge is 0.249 e. The summed E-state index contributed by atoms with van der Waals surface area (Å²) >= 11 is 0. The zero-order chi connectivity index (χ0) is 8.48. The Bertz CT molecular complexity index is 254. The van der Waals surface area contributed by atoms with E-state index >= 15 is 0 Å². The van der Waals surface area contributed by atoms with Crippen molar-refractivity contribution in [2.24, 2.45) is 0 Å². The molecule has 0 radical (unpaired) electrons. The maximum absolute atomic E-state index is 11.9. The summed E-state index contributed by atoms with van der Waals surface area (Å²) in [6, 6.07) is 3.81. The third kappa shape index (κ3) is 1.93. The molecule has 0 fully saturated rings. The Balaban J connectivity index is 3.06. The number of rotatable bonds is 0. The molecule has 4 heteroatoms. The number of aromatic nitrogens is 1. The van der Waals surface area contributed by atoms with Gasteiger partial charge < -0.3 is 0 Å². The predicted molar refractivity (Wildman–Crippen MR) is 34.0 cm³/mol. The second-order valence-corrected chi connectivity index (χ2v) is 2.16. The fraction of sp³-hybridized carbons (Fsp3) is 0.286. The third-order valence-corrected chi connectivity index (χ3v) is 1.18. The molecule has 0 aliphatic heterocycles. The van der Waals surface area contributed by atoms with E-state index in [9.17, 15) is 13.2 Å². The van der Waals surface area contributed by atoms with Crippen molar-refractivity contribution in [3.05, 3.63) is 29.6 Å². The fourth-order valence-electron chi connectivity index (χ4n) is 0.701. The van der Waals surface area contributed by atoms with Gasteiger partial charge in [-0.2, -0.15) is 13.2 Å². The van der Waals surface area contributed by atoms with E-state index in [4.69, 9.17) is 0 Å². The van der Waals surface area contributed by atoms with Crippen molar-refractivity contribution < 1.29 is 13.2 Å². The van der Waals surface area contributed by atoms with Crippen LogP contribution in [0.25, 0.3) is 0 Å². The van der Waals surface area contributed by atoms with Crippen molar-refractivity contribution in [2.45, 2.75) is 13.1 Å². The van der Waals surface area contributed by atoms with E-state index in [0.29, 0.717) is 5.69 Å². The average molecular weight is 161 g/mol. The van der Waals surface area contributed by atoms with Gasteiger partial charge in [0.2, 0.25) is 0 Å². The standard InChI is InChI=1S/C7H6F3N/c1-5-3-2-4-6(11-5)7(8,9)10/h2-4H,1H3. The van der Waals surface area contributed by atoms with Gasteiger partial charge in [-0.3, -0.25) is 0 Å². The van der Waals surface area contributed by atoms with Crippen LogP contribution in [0, 0.1) is 6.92 Å². The SMILES string of the molecule is Cc1cccc(C(F)(F)F)n1. The molecule has 0 aliphatic carbocycles. The van der Waals surface area contributed by atoms with Gasteiger partial charge in [0.25, 0.3) is 0 Å². The molecular formula is C7H6F3N. The fourth-order valence-corrected chi connectivity index (χ4v) is 0.701. The van der Waals surface area contributed by atoms with Crippen LogP contribution in [-0.2, 0) is 6.18 Å².